The zero-order valence-corrected chi connectivity index (χ0v) is 13.9. The lowest BCUT2D eigenvalue weighted by Gasteiger charge is -2.31. The molecule has 2 unspecified atom stereocenters. The van der Waals surface area contributed by atoms with Gasteiger partial charge in [-0.25, -0.2) is 12.8 Å². The molecule has 1 N–H and O–H groups in total. The van der Waals surface area contributed by atoms with Crippen LogP contribution in [0.15, 0.2) is 12.1 Å². The van der Waals surface area contributed by atoms with Crippen LogP contribution in [0.1, 0.15) is 43.4 Å². The monoisotopic (exact) mass is 333 g/mol. The van der Waals surface area contributed by atoms with Gasteiger partial charge in [0.05, 0.1) is 17.0 Å². The molecular formula is C15H21ClFNO2S. The molecule has 0 saturated carbocycles. The summed E-state index contributed by atoms with van der Waals surface area (Å²) in [4.78, 5) is 0. The third-order valence-corrected chi connectivity index (χ3v) is 6.65. The molecule has 118 valence electrons. The molecule has 1 aromatic rings. The summed E-state index contributed by atoms with van der Waals surface area (Å²) in [6.45, 7) is 4.21. The van der Waals surface area contributed by atoms with Crippen molar-refractivity contribution < 1.29 is 12.8 Å². The van der Waals surface area contributed by atoms with Crippen LogP contribution >= 0.6 is 11.6 Å². The van der Waals surface area contributed by atoms with Crippen molar-refractivity contribution in [2.75, 3.05) is 12.3 Å². The van der Waals surface area contributed by atoms with Crippen molar-refractivity contribution in [1.29, 1.82) is 0 Å². The summed E-state index contributed by atoms with van der Waals surface area (Å²) in [6.07, 6.45) is 2.23. The fourth-order valence-corrected chi connectivity index (χ4v) is 5.29. The van der Waals surface area contributed by atoms with E-state index in [4.69, 9.17) is 11.6 Å². The van der Waals surface area contributed by atoms with E-state index in [1.54, 1.807) is 13.0 Å². The number of hydrogen-bond acceptors (Lipinski definition) is 3. The first-order valence-corrected chi connectivity index (χ1v) is 9.36. The van der Waals surface area contributed by atoms with Crippen LogP contribution in [0.5, 0.6) is 0 Å². The molecule has 3 nitrogen and oxygen atoms in total. The Morgan fingerprint density at radius 1 is 1.43 bits per heavy atom. The van der Waals surface area contributed by atoms with Crippen molar-refractivity contribution in [3.8, 4) is 0 Å². The Kier molecular flexibility index (Phi) is 5.28. The molecule has 0 bridgehead atoms. The molecule has 1 heterocycles. The van der Waals surface area contributed by atoms with E-state index >= 15 is 0 Å². The largest absolute Gasteiger partial charge is 0.309 e. The van der Waals surface area contributed by atoms with Gasteiger partial charge >= 0.3 is 0 Å². The van der Waals surface area contributed by atoms with Crippen molar-refractivity contribution in [3.63, 3.8) is 0 Å². The first-order valence-electron chi connectivity index (χ1n) is 7.27. The number of halogens is 2. The quantitative estimate of drug-likeness (QED) is 0.918. The molecule has 1 aromatic carbocycles. The highest BCUT2D eigenvalue weighted by atomic mass is 35.5. The second kappa shape index (κ2) is 6.63. The van der Waals surface area contributed by atoms with E-state index in [2.05, 4.69) is 5.32 Å². The summed E-state index contributed by atoms with van der Waals surface area (Å²) < 4.78 is 38.3. The topological polar surface area (TPSA) is 46.2 Å². The highest BCUT2D eigenvalue weighted by Crippen LogP contribution is 2.35. The summed E-state index contributed by atoms with van der Waals surface area (Å²) in [7, 11) is -3.15. The van der Waals surface area contributed by atoms with E-state index in [0.717, 1.165) is 6.42 Å². The zero-order valence-electron chi connectivity index (χ0n) is 12.3. The molecule has 21 heavy (non-hydrogen) atoms. The number of sulfone groups is 1. The van der Waals surface area contributed by atoms with Crippen LogP contribution in [0.25, 0.3) is 0 Å². The van der Waals surface area contributed by atoms with Crippen molar-refractivity contribution >= 4 is 21.4 Å². The van der Waals surface area contributed by atoms with Gasteiger partial charge in [-0.15, -0.1) is 0 Å². The maximum atomic E-state index is 13.6. The minimum absolute atomic E-state index is 0.220. The van der Waals surface area contributed by atoms with E-state index in [9.17, 15) is 12.8 Å². The average molecular weight is 334 g/mol. The summed E-state index contributed by atoms with van der Waals surface area (Å²) in [6, 6.07) is 2.55. The Bertz CT molecular complexity index is 618. The van der Waals surface area contributed by atoms with Crippen molar-refractivity contribution in [2.24, 2.45) is 0 Å². The number of aryl methyl sites for hydroxylation is 1. The second-order valence-corrected chi connectivity index (χ2v) is 8.31. The molecule has 0 aromatic heterocycles. The van der Waals surface area contributed by atoms with E-state index < -0.39 is 15.1 Å². The molecule has 0 spiro atoms. The van der Waals surface area contributed by atoms with E-state index in [-0.39, 0.29) is 22.6 Å². The number of benzene rings is 1. The van der Waals surface area contributed by atoms with Crippen LogP contribution in [-0.4, -0.2) is 26.0 Å². The van der Waals surface area contributed by atoms with Gasteiger partial charge in [0, 0.05) is 5.02 Å². The van der Waals surface area contributed by atoms with Gasteiger partial charge in [0.25, 0.3) is 0 Å². The smallest absolute Gasteiger partial charge is 0.155 e. The Balaban J connectivity index is 2.46. The van der Waals surface area contributed by atoms with Gasteiger partial charge in [0.15, 0.2) is 9.84 Å². The normalized spacial score (nSPS) is 23.0. The number of rotatable bonds is 4. The standard InChI is InChI=1S/C15H21ClFNO2S/c1-3-18-15(14-6-4-5-7-21(14,19)20)11-8-10(2)13(17)9-12(11)16/h8-9,14-15,18H,3-7H2,1-2H3. The molecule has 0 amide bonds. The first-order chi connectivity index (χ1) is 9.86. The van der Waals surface area contributed by atoms with Crippen LogP contribution in [0.3, 0.4) is 0 Å². The molecule has 6 heteroatoms. The second-order valence-electron chi connectivity index (χ2n) is 5.56. The Morgan fingerprint density at radius 3 is 2.76 bits per heavy atom. The van der Waals surface area contributed by atoms with Gasteiger partial charge in [-0.1, -0.05) is 31.0 Å². The van der Waals surface area contributed by atoms with Crippen molar-refractivity contribution in [1.82, 2.24) is 5.32 Å². The maximum Gasteiger partial charge on any atom is 0.155 e. The number of hydrogen-bond donors (Lipinski definition) is 1. The van der Waals surface area contributed by atoms with Crippen LogP contribution in [0.4, 0.5) is 4.39 Å². The molecule has 1 aliphatic rings. The predicted molar refractivity (Wildman–Crippen MR) is 84.0 cm³/mol. The molecule has 1 saturated heterocycles. The summed E-state index contributed by atoms with van der Waals surface area (Å²) in [5, 5.41) is 3.02. The fourth-order valence-electron chi connectivity index (χ4n) is 2.93. The summed E-state index contributed by atoms with van der Waals surface area (Å²) in [5.41, 5.74) is 1.15. The molecular weight excluding hydrogens is 313 g/mol. The van der Waals surface area contributed by atoms with Crippen LogP contribution in [-0.2, 0) is 9.84 Å². The summed E-state index contributed by atoms with van der Waals surface area (Å²) >= 11 is 6.17. The highest BCUT2D eigenvalue weighted by Gasteiger charge is 2.37. The Morgan fingerprint density at radius 2 is 2.14 bits per heavy atom. The van der Waals surface area contributed by atoms with Gasteiger partial charge in [-0.2, -0.15) is 0 Å². The molecule has 1 fully saturated rings. The van der Waals surface area contributed by atoms with Gasteiger partial charge < -0.3 is 5.32 Å². The average Bonchev–Trinajstić information content (AvgIpc) is 2.41. The van der Waals surface area contributed by atoms with Crippen molar-refractivity contribution in [2.45, 2.75) is 44.4 Å². The third kappa shape index (κ3) is 3.58. The maximum absolute atomic E-state index is 13.6. The van der Waals surface area contributed by atoms with E-state index in [1.807, 2.05) is 6.92 Å². The van der Waals surface area contributed by atoms with Gasteiger partial charge in [0.1, 0.15) is 5.82 Å². The van der Waals surface area contributed by atoms with Crippen molar-refractivity contribution in [3.05, 3.63) is 34.1 Å². The van der Waals surface area contributed by atoms with E-state index in [1.165, 1.54) is 6.07 Å². The zero-order chi connectivity index (χ0) is 15.6. The lowest BCUT2D eigenvalue weighted by Crippen LogP contribution is -2.40. The van der Waals surface area contributed by atoms with Crippen LogP contribution < -0.4 is 5.32 Å². The summed E-state index contributed by atoms with van der Waals surface area (Å²) in [5.74, 6) is -0.150. The molecule has 1 aliphatic heterocycles. The van der Waals surface area contributed by atoms with Gasteiger partial charge in [-0.05, 0) is 43.5 Å². The highest BCUT2D eigenvalue weighted by molar-refractivity contribution is 7.92. The lowest BCUT2D eigenvalue weighted by molar-refractivity contribution is 0.453. The SMILES string of the molecule is CCNC(c1cc(C)c(F)cc1Cl)C1CCCCS1(=O)=O. The Hall–Kier alpha value is -0.650. The van der Waals surface area contributed by atoms with Gasteiger partial charge in [0.2, 0.25) is 0 Å². The number of nitrogens with one attached hydrogen (secondary N) is 1. The van der Waals surface area contributed by atoms with Crippen LogP contribution in [0, 0.1) is 12.7 Å². The minimum atomic E-state index is -3.15. The van der Waals surface area contributed by atoms with E-state index in [0.29, 0.717) is 30.5 Å². The predicted octanol–water partition coefficient (Wildman–Crippen LogP) is 3.41. The molecule has 0 aliphatic carbocycles. The fraction of sp³-hybridized carbons (Fsp3) is 0.600. The third-order valence-electron chi connectivity index (χ3n) is 4.04. The lowest BCUT2D eigenvalue weighted by atomic mass is 9.97. The molecule has 0 radical (unpaired) electrons. The Labute approximate surface area is 130 Å². The molecule has 2 atom stereocenters. The minimum Gasteiger partial charge on any atom is -0.309 e. The molecule has 2 rings (SSSR count). The first kappa shape index (κ1) is 16.7. The van der Waals surface area contributed by atoms with Gasteiger partial charge in [-0.3, -0.25) is 0 Å². The van der Waals surface area contributed by atoms with Crippen LogP contribution in [0.2, 0.25) is 5.02 Å².